The number of hydrogen-bond donors (Lipinski definition) is 3. The second-order valence-electron chi connectivity index (χ2n) is 3.75. The maximum absolute atomic E-state index is 11.7. The van der Waals surface area contributed by atoms with Crippen LogP contribution in [0.1, 0.15) is 12.0 Å². The lowest BCUT2D eigenvalue weighted by molar-refractivity contribution is -0.137. The van der Waals surface area contributed by atoms with E-state index in [-0.39, 0.29) is 17.8 Å². The van der Waals surface area contributed by atoms with Crippen molar-refractivity contribution < 1.29 is 19.8 Å². The molecule has 1 atom stereocenters. The highest BCUT2D eigenvalue weighted by atomic mass is 16.4. The summed E-state index contributed by atoms with van der Waals surface area (Å²) in [6.45, 7) is 0. The van der Waals surface area contributed by atoms with Crippen molar-refractivity contribution in [3.63, 3.8) is 0 Å². The fourth-order valence-electron chi connectivity index (χ4n) is 1.80. The Bertz CT molecular complexity index is 492. The molecule has 0 fully saturated rings. The summed E-state index contributed by atoms with van der Waals surface area (Å²) in [6.07, 6.45) is -0.325. The lowest BCUT2D eigenvalue weighted by atomic mass is 10.0. The van der Waals surface area contributed by atoms with Gasteiger partial charge in [-0.25, -0.2) is 0 Å². The number of hydrogen-bond acceptors (Lipinski definition) is 3. The molecule has 0 unspecified atom stereocenters. The van der Waals surface area contributed by atoms with Gasteiger partial charge in [-0.2, -0.15) is 0 Å². The summed E-state index contributed by atoms with van der Waals surface area (Å²) < 4.78 is 0. The van der Waals surface area contributed by atoms with Crippen LogP contribution in [0.15, 0.2) is 36.1 Å². The molecule has 1 amide bonds. The predicted octanol–water partition coefficient (Wildman–Crippen LogP) is 0.929. The Hall–Kier alpha value is -2.30. The molecule has 0 radical (unpaired) electrons. The highest BCUT2D eigenvalue weighted by Crippen LogP contribution is 2.26. The van der Waals surface area contributed by atoms with Gasteiger partial charge in [0, 0.05) is 0 Å². The minimum atomic E-state index is -1.07. The Morgan fingerprint density at radius 3 is 2.53 bits per heavy atom. The zero-order chi connectivity index (χ0) is 12.4. The molecule has 0 aliphatic carbocycles. The fraction of sp³-hybridized carbons (Fsp3) is 0.167. The highest BCUT2D eigenvalue weighted by molar-refractivity contribution is 6.22. The van der Waals surface area contributed by atoms with Gasteiger partial charge in [0.1, 0.15) is 5.76 Å². The molecule has 88 valence electrons. The molecule has 3 N–H and O–H groups in total. The van der Waals surface area contributed by atoms with E-state index in [1.54, 1.807) is 30.3 Å². The van der Waals surface area contributed by atoms with E-state index in [0.29, 0.717) is 5.56 Å². The minimum Gasteiger partial charge on any atom is -0.509 e. The molecule has 1 aromatic carbocycles. The molecule has 2 rings (SSSR count). The monoisotopic (exact) mass is 233 g/mol. The number of rotatable bonds is 3. The van der Waals surface area contributed by atoms with Crippen molar-refractivity contribution in [3.8, 4) is 0 Å². The summed E-state index contributed by atoms with van der Waals surface area (Å²) in [6, 6.07) is 7.82. The number of aliphatic carboxylic acids is 1. The van der Waals surface area contributed by atoms with Crippen molar-refractivity contribution in [2.24, 2.45) is 0 Å². The molecule has 17 heavy (non-hydrogen) atoms. The van der Waals surface area contributed by atoms with Crippen molar-refractivity contribution in [2.45, 2.75) is 12.5 Å². The second kappa shape index (κ2) is 4.29. The summed E-state index contributed by atoms with van der Waals surface area (Å²) in [5, 5.41) is 20.9. The van der Waals surface area contributed by atoms with Gasteiger partial charge in [-0.1, -0.05) is 30.3 Å². The number of nitrogens with one attached hydrogen (secondary N) is 1. The van der Waals surface area contributed by atoms with E-state index >= 15 is 0 Å². The molecule has 5 nitrogen and oxygen atoms in total. The molecule has 1 aliphatic heterocycles. The van der Waals surface area contributed by atoms with Crippen molar-refractivity contribution in [3.05, 3.63) is 41.7 Å². The summed E-state index contributed by atoms with van der Waals surface area (Å²) in [7, 11) is 0. The molecule has 5 heteroatoms. The number of carbonyl (C=O) groups excluding carboxylic acids is 1. The van der Waals surface area contributed by atoms with E-state index in [2.05, 4.69) is 5.32 Å². The maximum Gasteiger partial charge on any atom is 0.305 e. The average molecular weight is 233 g/mol. The van der Waals surface area contributed by atoms with E-state index in [1.807, 2.05) is 0 Å². The molecule has 0 spiro atoms. The summed E-state index contributed by atoms with van der Waals surface area (Å²) >= 11 is 0. The predicted molar refractivity (Wildman–Crippen MR) is 60.2 cm³/mol. The van der Waals surface area contributed by atoms with Gasteiger partial charge in [-0.3, -0.25) is 9.59 Å². The van der Waals surface area contributed by atoms with E-state index in [1.165, 1.54) is 0 Å². The Morgan fingerprint density at radius 2 is 1.94 bits per heavy atom. The van der Waals surface area contributed by atoms with Gasteiger partial charge in [0.05, 0.1) is 18.0 Å². The molecule has 1 aromatic rings. The first-order chi connectivity index (χ1) is 8.09. The molecule has 0 aromatic heterocycles. The minimum absolute atomic E-state index is 0.150. The largest absolute Gasteiger partial charge is 0.509 e. The first kappa shape index (κ1) is 11.2. The molecule has 0 bridgehead atoms. The van der Waals surface area contributed by atoms with Crippen LogP contribution in [-0.4, -0.2) is 28.1 Å². The van der Waals surface area contributed by atoms with Crippen molar-refractivity contribution in [2.75, 3.05) is 0 Å². The molecule has 0 saturated heterocycles. The fourth-order valence-corrected chi connectivity index (χ4v) is 1.80. The second-order valence-corrected chi connectivity index (χ2v) is 3.75. The van der Waals surface area contributed by atoms with Gasteiger partial charge in [-0.05, 0) is 5.56 Å². The van der Waals surface area contributed by atoms with Gasteiger partial charge in [-0.15, -0.1) is 0 Å². The van der Waals surface area contributed by atoms with Crippen LogP contribution >= 0.6 is 0 Å². The van der Waals surface area contributed by atoms with E-state index < -0.39 is 17.9 Å². The first-order valence-electron chi connectivity index (χ1n) is 5.11. The van der Waals surface area contributed by atoms with E-state index in [0.717, 1.165) is 0 Å². The Labute approximate surface area is 97.4 Å². The lowest BCUT2D eigenvalue weighted by Gasteiger charge is -2.06. The van der Waals surface area contributed by atoms with Crippen LogP contribution in [0, 0.1) is 0 Å². The third kappa shape index (κ3) is 2.13. The number of benzene rings is 1. The Balaban J connectivity index is 2.35. The Morgan fingerprint density at radius 1 is 1.29 bits per heavy atom. The van der Waals surface area contributed by atoms with Crippen molar-refractivity contribution in [1.29, 1.82) is 0 Å². The SMILES string of the molecule is O=C(O)C[C@@H]1NC(=O)C(c2ccccc2)=C1O. The smallest absolute Gasteiger partial charge is 0.305 e. The molecule has 1 heterocycles. The number of carbonyl (C=O) groups is 2. The van der Waals surface area contributed by atoms with Crippen LogP contribution in [-0.2, 0) is 9.59 Å². The number of amides is 1. The van der Waals surface area contributed by atoms with Gasteiger partial charge in [0.2, 0.25) is 0 Å². The molecular formula is C12H11NO4. The number of carboxylic acids is 1. The highest BCUT2D eigenvalue weighted by Gasteiger charge is 2.33. The zero-order valence-electron chi connectivity index (χ0n) is 8.88. The molecule has 1 aliphatic rings. The van der Waals surface area contributed by atoms with E-state index in [4.69, 9.17) is 5.11 Å². The Kier molecular flexibility index (Phi) is 2.82. The van der Waals surface area contributed by atoms with Crippen LogP contribution < -0.4 is 5.32 Å². The zero-order valence-corrected chi connectivity index (χ0v) is 8.88. The van der Waals surface area contributed by atoms with Gasteiger partial charge in [0.25, 0.3) is 5.91 Å². The van der Waals surface area contributed by atoms with Crippen LogP contribution in [0.5, 0.6) is 0 Å². The van der Waals surface area contributed by atoms with Crippen LogP contribution in [0.4, 0.5) is 0 Å². The average Bonchev–Trinajstić information content (AvgIpc) is 2.54. The maximum atomic E-state index is 11.7. The van der Waals surface area contributed by atoms with Crippen molar-refractivity contribution in [1.82, 2.24) is 5.32 Å². The summed E-state index contributed by atoms with van der Waals surface area (Å²) in [5.74, 6) is -1.72. The van der Waals surface area contributed by atoms with Crippen LogP contribution in [0.2, 0.25) is 0 Å². The topological polar surface area (TPSA) is 86.6 Å². The number of aliphatic hydroxyl groups excluding tert-OH is 1. The van der Waals surface area contributed by atoms with E-state index in [9.17, 15) is 14.7 Å². The van der Waals surface area contributed by atoms with Gasteiger partial charge >= 0.3 is 5.97 Å². The molecular weight excluding hydrogens is 222 g/mol. The van der Waals surface area contributed by atoms with Gasteiger partial charge in [0.15, 0.2) is 0 Å². The molecule has 0 saturated carbocycles. The number of aliphatic hydroxyl groups is 1. The third-order valence-electron chi connectivity index (χ3n) is 2.56. The standard InChI is InChI=1S/C12H11NO4/c14-9(15)6-8-11(16)10(12(17)13-8)7-4-2-1-3-5-7/h1-5,8,16H,6H2,(H,13,17)(H,14,15)/t8-/m0/s1. The van der Waals surface area contributed by atoms with Crippen LogP contribution in [0.25, 0.3) is 5.57 Å². The normalized spacial score (nSPS) is 19.3. The summed E-state index contributed by atoms with van der Waals surface area (Å²) in [4.78, 5) is 22.2. The van der Waals surface area contributed by atoms with Gasteiger partial charge < -0.3 is 15.5 Å². The lowest BCUT2D eigenvalue weighted by Crippen LogP contribution is -2.30. The quantitative estimate of drug-likeness (QED) is 0.724. The third-order valence-corrected chi connectivity index (χ3v) is 2.56. The van der Waals surface area contributed by atoms with Crippen LogP contribution in [0.3, 0.4) is 0 Å². The summed E-state index contributed by atoms with van der Waals surface area (Å²) in [5.41, 5.74) is 0.729. The first-order valence-corrected chi connectivity index (χ1v) is 5.11. The van der Waals surface area contributed by atoms with Crippen molar-refractivity contribution >= 4 is 17.4 Å². The number of carboxylic acid groups (broad SMARTS) is 1.